The minimum absolute atomic E-state index is 0.0218. The van der Waals surface area contributed by atoms with E-state index >= 15 is 0 Å². The molecule has 1 aliphatic rings. The van der Waals surface area contributed by atoms with Crippen molar-refractivity contribution in [3.63, 3.8) is 0 Å². The van der Waals surface area contributed by atoms with Crippen molar-refractivity contribution in [2.45, 2.75) is 11.8 Å². The van der Waals surface area contributed by atoms with Crippen molar-refractivity contribution < 1.29 is 27.5 Å². The molecule has 0 fully saturated rings. The number of ether oxygens (including phenoxy) is 2. The van der Waals surface area contributed by atoms with Crippen LogP contribution < -0.4 is 9.62 Å². The number of aryl methyl sites for hydroxylation is 1. The number of carbonyl (C=O) groups excluding carboxylic acids is 2. The zero-order valence-electron chi connectivity index (χ0n) is 17.7. The number of nitrogens with one attached hydrogen (secondary N) is 1. The van der Waals surface area contributed by atoms with E-state index in [4.69, 9.17) is 9.47 Å². The molecule has 9 heteroatoms. The lowest BCUT2D eigenvalue weighted by molar-refractivity contribution is -0.139. The van der Waals surface area contributed by atoms with E-state index in [0.29, 0.717) is 11.4 Å². The summed E-state index contributed by atoms with van der Waals surface area (Å²) in [6, 6.07) is 12.8. The van der Waals surface area contributed by atoms with E-state index in [1.54, 1.807) is 54.8 Å². The number of esters is 2. The Morgan fingerprint density at radius 2 is 1.50 bits per heavy atom. The van der Waals surface area contributed by atoms with Crippen LogP contribution in [0.1, 0.15) is 5.56 Å². The number of hydrogen-bond donors (Lipinski definition) is 1. The van der Waals surface area contributed by atoms with Crippen LogP contribution in [0.4, 0.5) is 11.4 Å². The quantitative estimate of drug-likeness (QED) is 0.668. The molecule has 166 valence electrons. The van der Waals surface area contributed by atoms with Gasteiger partial charge in [0, 0.05) is 17.6 Å². The van der Waals surface area contributed by atoms with Crippen LogP contribution in [0.2, 0.25) is 0 Å². The standard InChI is InChI=1S/C23H22N2O6S/c1-16-7-13-19(14-8-16)32(28,29)24-17-9-11-18(12-10-17)25-15-5-4-6-20(22(26)30-2)21(25)23(27)31-3/h4-15,24H,1-3H3. The van der Waals surface area contributed by atoms with Gasteiger partial charge in [0.05, 0.1) is 24.7 Å². The SMILES string of the molecule is COC(=O)C1=C(C(=O)OC)N(c2ccc(NS(=O)(=O)c3ccc(C)cc3)cc2)C=CC=C1. The van der Waals surface area contributed by atoms with Gasteiger partial charge in [-0.3, -0.25) is 4.72 Å². The predicted molar refractivity (Wildman–Crippen MR) is 120 cm³/mol. The lowest BCUT2D eigenvalue weighted by Crippen LogP contribution is -2.26. The van der Waals surface area contributed by atoms with Crippen LogP contribution in [0.25, 0.3) is 0 Å². The third kappa shape index (κ3) is 4.89. The molecule has 0 radical (unpaired) electrons. The van der Waals surface area contributed by atoms with Crippen molar-refractivity contribution in [2.75, 3.05) is 23.8 Å². The average molecular weight is 455 g/mol. The summed E-state index contributed by atoms with van der Waals surface area (Å²) in [6.45, 7) is 1.87. The highest BCUT2D eigenvalue weighted by molar-refractivity contribution is 7.92. The molecule has 1 N–H and O–H groups in total. The van der Waals surface area contributed by atoms with Crippen LogP contribution in [0.5, 0.6) is 0 Å². The fourth-order valence-corrected chi connectivity index (χ4v) is 4.05. The second-order valence-corrected chi connectivity index (χ2v) is 8.46. The van der Waals surface area contributed by atoms with Crippen molar-refractivity contribution in [1.29, 1.82) is 0 Å². The monoisotopic (exact) mass is 454 g/mol. The average Bonchev–Trinajstić information content (AvgIpc) is 3.01. The molecule has 0 atom stereocenters. The summed E-state index contributed by atoms with van der Waals surface area (Å²) in [5.74, 6) is -1.43. The number of anilines is 2. The smallest absolute Gasteiger partial charge is 0.355 e. The van der Waals surface area contributed by atoms with E-state index in [1.165, 1.54) is 37.3 Å². The van der Waals surface area contributed by atoms with Crippen LogP contribution in [0.15, 0.2) is 89.1 Å². The van der Waals surface area contributed by atoms with Crippen LogP contribution in [0, 0.1) is 6.92 Å². The second-order valence-electron chi connectivity index (χ2n) is 6.78. The molecule has 8 nitrogen and oxygen atoms in total. The third-order valence-electron chi connectivity index (χ3n) is 4.62. The van der Waals surface area contributed by atoms with Crippen molar-refractivity contribution in [1.82, 2.24) is 0 Å². The molecule has 0 saturated carbocycles. The molecule has 0 amide bonds. The number of allylic oxidation sites excluding steroid dienone is 2. The molecular formula is C23H22N2O6S. The molecule has 1 heterocycles. The molecule has 0 spiro atoms. The van der Waals surface area contributed by atoms with Gasteiger partial charge in [-0.2, -0.15) is 0 Å². The Hall–Kier alpha value is -3.85. The van der Waals surface area contributed by atoms with Gasteiger partial charge < -0.3 is 14.4 Å². The first-order chi connectivity index (χ1) is 15.3. The number of benzene rings is 2. The Bertz CT molecular complexity index is 1210. The molecular weight excluding hydrogens is 432 g/mol. The molecule has 0 aliphatic carbocycles. The second kappa shape index (κ2) is 9.52. The highest BCUT2D eigenvalue weighted by Gasteiger charge is 2.27. The zero-order valence-corrected chi connectivity index (χ0v) is 18.5. The molecule has 2 aromatic carbocycles. The predicted octanol–water partition coefficient (Wildman–Crippen LogP) is 3.29. The first-order valence-electron chi connectivity index (χ1n) is 9.51. The fraction of sp³-hybridized carbons (Fsp3) is 0.130. The van der Waals surface area contributed by atoms with Gasteiger partial charge in [-0.1, -0.05) is 23.8 Å². The first kappa shape index (κ1) is 22.8. The number of nitrogens with zero attached hydrogens (tertiary/aromatic N) is 1. The van der Waals surface area contributed by atoms with Crippen molar-refractivity contribution in [3.05, 3.63) is 89.8 Å². The van der Waals surface area contributed by atoms with Gasteiger partial charge in [0.2, 0.25) is 0 Å². The molecule has 0 saturated heterocycles. The minimum atomic E-state index is -3.76. The molecule has 3 rings (SSSR count). The van der Waals surface area contributed by atoms with Crippen molar-refractivity contribution in [3.8, 4) is 0 Å². The van der Waals surface area contributed by atoms with Crippen LogP contribution in [-0.2, 0) is 29.1 Å². The number of rotatable bonds is 6. The Kier molecular flexibility index (Phi) is 6.79. The van der Waals surface area contributed by atoms with Crippen LogP contribution in [0.3, 0.4) is 0 Å². The van der Waals surface area contributed by atoms with Gasteiger partial charge in [0.1, 0.15) is 5.70 Å². The Morgan fingerprint density at radius 3 is 2.09 bits per heavy atom. The first-order valence-corrected chi connectivity index (χ1v) is 11.0. The van der Waals surface area contributed by atoms with E-state index in [2.05, 4.69) is 4.72 Å². The highest BCUT2D eigenvalue weighted by Crippen LogP contribution is 2.28. The van der Waals surface area contributed by atoms with E-state index < -0.39 is 22.0 Å². The van der Waals surface area contributed by atoms with E-state index in [-0.39, 0.29) is 16.2 Å². The maximum Gasteiger partial charge on any atom is 0.355 e. The summed E-state index contributed by atoms with van der Waals surface area (Å²) in [7, 11) is -1.33. The van der Waals surface area contributed by atoms with Crippen molar-refractivity contribution in [2.24, 2.45) is 0 Å². The molecule has 0 bridgehead atoms. The normalized spacial score (nSPS) is 13.5. The van der Waals surface area contributed by atoms with Gasteiger partial charge in [0.15, 0.2) is 0 Å². The summed E-state index contributed by atoms with van der Waals surface area (Å²) < 4.78 is 37.4. The van der Waals surface area contributed by atoms with E-state index in [1.807, 2.05) is 6.92 Å². The van der Waals surface area contributed by atoms with Crippen LogP contribution >= 0.6 is 0 Å². The number of hydrogen-bond acceptors (Lipinski definition) is 7. The highest BCUT2D eigenvalue weighted by atomic mass is 32.2. The largest absolute Gasteiger partial charge is 0.465 e. The molecule has 1 aliphatic heterocycles. The lowest BCUT2D eigenvalue weighted by atomic mass is 10.1. The minimum Gasteiger partial charge on any atom is -0.465 e. The summed E-state index contributed by atoms with van der Waals surface area (Å²) >= 11 is 0. The number of sulfonamides is 1. The zero-order chi connectivity index (χ0) is 23.3. The van der Waals surface area contributed by atoms with Gasteiger partial charge in [-0.05, 0) is 55.5 Å². The molecule has 0 aromatic heterocycles. The Morgan fingerprint density at radius 1 is 0.875 bits per heavy atom. The maximum atomic E-state index is 12.6. The number of methoxy groups -OCH3 is 2. The molecule has 0 unspecified atom stereocenters. The lowest BCUT2D eigenvalue weighted by Gasteiger charge is -2.23. The van der Waals surface area contributed by atoms with E-state index in [0.717, 1.165) is 5.56 Å². The summed E-state index contributed by atoms with van der Waals surface area (Å²) in [4.78, 5) is 26.3. The van der Waals surface area contributed by atoms with Gasteiger partial charge in [0.25, 0.3) is 10.0 Å². The van der Waals surface area contributed by atoms with E-state index in [9.17, 15) is 18.0 Å². The van der Waals surface area contributed by atoms with Gasteiger partial charge >= 0.3 is 11.9 Å². The van der Waals surface area contributed by atoms with Gasteiger partial charge in [-0.25, -0.2) is 18.0 Å². The topological polar surface area (TPSA) is 102 Å². The third-order valence-corrected chi connectivity index (χ3v) is 6.02. The molecule has 32 heavy (non-hydrogen) atoms. The van der Waals surface area contributed by atoms with Crippen LogP contribution in [-0.4, -0.2) is 34.6 Å². The molecule has 2 aromatic rings. The van der Waals surface area contributed by atoms with Crippen molar-refractivity contribution >= 4 is 33.3 Å². The summed E-state index contributed by atoms with van der Waals surface area (Å²) in [5, 5.41) is 0. The summed E-state index contributed by atoms with van der Waals surface area (Å²) in [5.41, 5.74) is 1.79. The van der Waals surface area contributed by atoms with Gasteiger partial charge in [-0.15, -0.1) is 0 Å². The number of carbonyl (C=O) groups is 2. The Balaban J connectivity index is 1.93. The fourth-order valence-electron chi connectivity index (χ4n) is 2.99. The summed E-state index contributed by atoms with van der Waals surface area (Å²) in [6.07, 6.45) is 6.29. The Labute approximate surface area is 186 Å². The maximum absolute atomic E-state index is 12.6.